The van der Waals surface area contributed by atoms with Gasteiger partial charge in [-0.1, -0.05) is 12.1 Å². The topological polar surface area (TPSA) is 61.9 Å². The summed E-state index contributed by atoms with van der Waals surface area (Å²) < 4.78 is 0. The molecule has 3 aromatic heterocycles. The van der Waals surface area contributed by atoms with Crippen LogP contribution in [-0.2, 0) is 5.41 Å². The fourth-order valence-corrected chi connectivity index (χ4v) is 5.89. The summed E-state index contributed by atoms with van der Waals surface area (Å²) in [6.45, 7) is 6.25. The Labute approximate surface area is 193 Å². The minimum atomic E-state index is -0.00557. The van der Waals surface area contributed by atoms with Gasteiger partial charge in [0.1, 0.15) is 5.65 Å². The van der Waals surface area contributed by atoms with Crippen LogP contribution < -0.4 is 0 Å². The quantitative estimate of drug-likeness (QED) is 0.453. The number of rotatable bonds is 2. The number of nitrogens with zero attached hydrogens (tertiary/aromatic N) is 3. The Morgan fingerprint density at radius 3 is 2.61 bits per heavy atom. The first kappa shape index (κ1) is 20.3. The number of piperidine rings is 1. The Balaban J connectivity index is 1.48. The summed E-state index contributed by atoms with van der Waals surface area (Å²) in [6, 6.07) is 10.7. The van der Waals surface area contributed by atoms with Crippen molar-refractivity contribution in [3.05, 3.63) is 71.3 Å². The van der Waals surface area contributed by atoms with Crippen LogP contribution >= 0.6 is 0 Å². The molecular formula is C28H28N4O. The van der Waals surface area contributed by atoms with Gasteiger partial charge >= 0.3 is 0 Å². The number of likely N-dealkylation sites (tertiary alicyclic amines) is 1. The van der Waals surface area contributed by atoms with E-state index < -0.39 is 0 Å². The first-order chi connectivity index (χ1) is 15.9. The average molecular weight is 437 g/mol. The third kappa shape index (κ3) is 3.14. The molecule has 1 aliphatic heterocycles. The molecule has 0 amide bonds. The summed E-state index contributed by atoms with van der Waals surface area (Å²) in [5.74, 6) is 0.298. The number of fused-ring (bicyclic) bond motifs is 3. The largest absolute Gasteiger partial charge is 0.346 e. The maximum absolute atomic E-state index is 12.9. The zero-order valence-electron chi connectivity index (χ0n) is 19.4. The molecule has 1 N–H and O–H groups in total. The number of benzene rings is 1. The highest BCUT2D eigenvalue weighted by atomic mass is 16.1. The van der Waals surface area contributed by atoms with Crippen molar-refractivity contribution in [1.82, 2.24) is 19.9 Å². The van der Waals surface area contributed by atoms with Crippen LogP contribution in [0.5, 0.6) is 0 Å². The number of aryl methyl sites for hydroxylation is 2. The molecule has 0 atom stereocenters. The lowest BCUT2D eigenvalue weighted by Gasteiger charge is -2.38. The third-order valence-corrected chi connectivity index (χ3v) is 7.81. The van der Waals surface area contributed by atoms with Gasteiger partial charge in [0, 0.05) is 63.8 Å². The molecule has 0 bridgehead atoms. The van der Waals surface area contributed by atoms with Crippen LogP contribution in [0.15, 0.2) is 48.9 Å². The highest BCUT2D eigenvalue weighted by Gasteiger charge is 2.44. The standard InChI is InChI=1S/C28H28N4O/c1-17-6-9-29-18(2)26(17)20-12-22-23(16-31-27(22)30-15-20)19-4-5-21-24(13-19)28(14-25(21)33)7-10-32(3)11-8-28/h4-6,9,12-13,15-16H,7-8,10-11,14H2,1-3H3,(H,30,31). The summed E-state index contributed by atoms with van der Waals surface area (Å²) in [7, 11) is 2.17. The van der Waals surface area contributed by atoms with Gasteiger partial charge in [0.25, 0.3) is 0 Å². The van der Waals surface area contributed by atoms with Gasteiger partial charge in [-0.3, -0.25) is 9.78 Å². The van der Waals surface area contributed by atoms with Crippen LogP contribution in [-0.4, -0.2) is 45.8 Å². The van der Waals surface area contributed by atoms with Crippen molar-refractivity contribution >= 4 is 16.8 Å². The Morgan fingerprint density at radius 1 is 1.00 bits per heavy atom. The van der Waals surface area contributed by atoms with Gasteiger partial charge in [0.05, 0.1) is 0 Å². The number of H-pyrrole nitrogens is 1. The number of ketones is 1. The van der Waals surface area contributed by atoms with Gasteiger partial charge in [-0.05, 0) is 81.7 Å². The molecule has 1 fully saturated rings. The van der Waals surface area contributed by atoms with E-state index in [1.54, 1.807) is 0 Å². The average Bonchev–Trinajstić information content (AvgIpc) is 3.34. The van der Waals surface area contributed by atoms with Gasteiger partial charge in [0.15, 0.2) is 5.78 Å². The van der Waals surface area contributed by atoms with Crippen molar-refractivity contribution in [1.29, 1.82) is 0 Å². The molecular weight excluding hydrogens is 408 g/mol. The molecule has 5 heteroatoms. The van der Waals surface area contributed by atoms with Crippen molar-refractivity contribution in [3.63, 3.8) is 0 Å². The Morgan fingerprint density at radius 2 is 1.82 bits per heavy atom. The van der Waals surface area contributed by atoms with Crippen LogP contribution in [0, 0.1) is 13.8 Å². The molecule has 5 nitrogen and oxygen atoms in total. The molecule has 2 aliphatic rings. The zero-order chi connectivity index (χ0) is 22.7. The van der Waals surface area contributed by atoms with Crippen LogP contribution in [0.25, 0.3) is 33.3 Å². The van der Waals surface area contributed by atoms with Gasteiger partial charge in [-0.15, -0.1) is 0 Å². The number of hydrogen-bond donors (Lipinski definition) is 1. The molecule has 6 rings (SSSR count). The lowest BCUT2D eigenvalue weighted by atomic mass is 9.73. The number of pyridine rings is 2. The number of carbonyl (C=O) groups is 1. The SMILES string of the molecule is Cc1ccnc(C)c1-c1cnc2[nH]cc(-c3ccc4c(c3)C3(CCN(C)CC3)CC4=O)c2c1. The number of carbonyl (C=O) groups excluding carboxylic acids is 1. The Bertz CT molecular complexity index is 1390. The van der Waals surface area contributed by atoms with Crippen molar-refractivity contribution in [2.75, 3.05) is 20.1 Å². The summed E-state index contributed by atoms with van der Waals surface area (Å²) in [4.78, 5) is 27.8. The molecule has 33 heavy (non-hydrogen) atoms. The molecule has 4 heterocycles. The summed E-state index contributed by atoms with van der Waals surface area (Å²) >= 11 is 0. The van der Waals surface area contributed by atoms with Crippen molar-refractivity contribution in [2.45, 2.75) is 38.5 Å². The second-order valence-corrected chi connectivity index (χ2v) is 9.85. The predicted octanol–water partition coefficient (Wildman–Crippen LogP) is 5.46. The van der Waals surface area contributed by atoms with Gasteiger partial charge < -0.3 is 9.88 Å². The summed E-state index contributed by atoms with van der Waals surface area (Å²) in [5.41, 5.74) is 9.73. The summed E-state index contributed by atoms with van der Waals surface area (Å²) in [6.07, 6.45) is 8.57. The van der Waals surface area contributed by atoms with Crippen molar-refractivity contribution in [3.8, 4) is 22.3 Å². The van der Waals surface area contributed by atoms with Crippen LogP contribution in [0.3, 0.4) is 0 Å². The van der Waals surface area contributed by atoms with E-state index in [1.165, 1.54) is 11.1 Å². The second kappa shape index (κ2) is 7.35. The minimum absolute atomic E-state index is 0.00557. The lowest BCUT2D eigenvalue weighted by molar-refractivity contribution is 0.0945. The van der Waals surface area contributed by atoms with E-state index in [-0.39, 0.29) is 5.41 Å². The van der Waals surface area contributed by atoms with E-state index >= 15 is 0 Å². The van der Waals surface area contributed by atoms with E-state index in [0.29, 0.717) is 12.2 Å². The first-order valence-electron chi connectivity index (χ1n) is 11.7. The lowest BCUT2D eigenvalue weighted by Crippen LogP contribution is -2.39. The number of aromatic amines is 1. The molecule has 0 unspecified atom stereocenters. The minimum Gasteiger partial charge on any atom is -0.346 e. The van der Waals surface area contributed by atoms with Crippen LogP contribution in [0.2, 0.25) is 0 Å². The first-order valence-corrected chi connectivity index (χ1v) is 11.7. The van der Waals surface area contributed by atoms with E-state index in [2.05, 4.69) is 47.0 Å². The number of aromatic nitrogens is 3. The molecule has 1 aromatic carbocycles. The second-order valence-electron chi connectivity index (χ2n) is 9.85. The fraction of sp³-hybridized carbons (Fsp3) is 0.321. The Hall–Kier alpha value is -3.31. The van der Waals surface area contributed by atoms with E-state index in [9.17, 15) is 4.79 Å². The highest BCUT2D eigenvalue weighted by Crippen LogP contribution is 2.47. The number of hydrogen-bond acceptors (Lipinski definition) is 4. The predicted molar refractivity (Wildman–Crippen MR) is 132 cm³/mol. The van der Waals surface area contributed by atoms with Crippen molar-refractivity contribution < 1.29 is 4.79 Å². The molecule has 1 saturated heterocycles. The molecule has 0 saturated carbocycles. The molecule has 0 radical (unpaired) electrons. The monoisotopic (exact) mass is 436 g/mol. The maximum atomic E-state index is 12.9. The molecule has 166 valence electrons. The zero-order valence-corrected chi connectivity index (χ0v) is 19.4. The van der Waals surface area contributed by atoms with Crippen molar-refractivity contribution in [2.24, 2.45) is 0 Å². The highest BCUT2D eigenvalue weighted by molar-refractivity contribution is 6.04. The smallest absolute Gasteiger partial charge is 0.164 e. The van der Waals surface area contributed by atoms with E-state index in [1.807, 2.05) is 37.6 Å². The van der Waals surface area contributed by atoms with E-state index in [4.69, 9.17) is 4.98 Å². The van der Waals surface area contributed by atoms with Gasteiger partial charge in [-0.2, -0.15) is 0 Å². The normalized spacial score (nSPS) is 17.7. The molecule has 1 aliphatic carbocycles. The molecule has 1 spiro atoms. The summed E-state index contributed by atoms with van der Waals surface area (Å²) in [5, 5.41) is 1.09. The van der Waals surface area contributed by atoms with E-state index in [0.717, 1.165) is 70.5 Å². The number of nitrogens with one attached hydrogen (secondary N) is 1. The van der Waals surface area contributed by atoms with Gasteiger partial charge in [0.2, 0.25) is 0 Å². The van der Waals surface area contributed by atoms with Gasteiger partial charge in [-0.25, -0.2) is 4.98 Å². The van der Waals surface area contributed by atoms with Crippen LogP contribution in [0.1, 0.15) is 46.4 Å². The Kier molecular flexibility index (Phi) is 4.53. The van der Waals surface area contributed by atoms with Crippen LogP contribution in [0.4, 0.5) is 0 Å². The number of Topliss-reactive ketones (excluding diaryl/α,β-unsaturated/α-hetero) is 1. The third-order valence-electron chi connectivity index (χ3n) is 7.81. The fourth-order valence-electron chi connectivity index (χ4n) is 5.89. The maximum Gasteiger partial charge on any atom is 0.164 e. The molecule has 4 aromatic rings.